The van der Waals surface area contributed by atoms with Gasteiger partial charge in [-0.25, -0.2) is 9.78 Å². The molecule has 0 saturated carbocycles. The summed E-state index contributed by atoms with van der Waals surface area (Å²) in [6, 6.07) is 0. The molecule has 4 nitrogen and oxygen atoms in total. The quantitative estimate of drug-likeness (QED) is 0.500. The van der Waals surface area contributed by atoms with Crippen LogP contribution in [0.15, 0.2) is 0 Å². The van der Waals surface area contributed by atoms with Gasteiger partial charge < -0.3 is 5.11 Å². The van der Waals surface area contributed by atoms with Crippen LogP contribution in [-0.4, -0.2) is 22.8 Å². The molecule has 4 heteroatoms. The minimum atomic E-state index is -0.816. The second-order valence-electron chi connectivity index (χ2n) is 4.97. The molecule has 0 aliphatic rings. The van der Waals surface area contributed by atoms with Crippen LogP contribution in [0.2, 0.25) is 0 Å². The molecule has 17 heavy (non-hydrogen) atoms. The largest absolute Gasteiger partial charge is 0.481 e. The van der Waals surface area contributed by atoms with Crippen molar-refractivity contribution in [1.29, 1.82) is 0 Å². The summed E-state index contributed by atoms with van der Waals surface area (Å²) in [5.74, 6) is -1.31. The van der Waals surface area contributed by atoms with Crippen molar-refractivity contribution < 1.29 is 19.7 Å². The summed E-state index contributed by atoms with van der Waals surface area (Å²) in [5.41, 5.74) is -0.372. The van der Waals surface area contributed by atoms with E-state index in [0.717, 1.165) is 12.8 Å². The molecule has 0 aromatic rings. The van der Waals surface area contributed by atoms with Gasteiger partial charge in [-0.15, -0.1) is 0 Å². The summed E-state index contributed by atoms with van der Waals surface area (Å²) in [6.45, 7) is 9.73. The van der Waals surface area contributed by atoms with Gasteiger partial charge >= 0.3 is 5.97 Å². The predicted octanol–water partition coefficient (Wildman–Crippen LogP) is 3.40. The molecule has 102 valence electrons. The highest BCUT2D eigenvalue weighted by molar-refractivity contribution is 5.70. The smallest absolute Gasteiger partial charge is 0.309 e. The van der Waals surface area contributed by atoms with E-state index in [1.807, 2.05) is 34.6 Å². The van der Waals surface area contributed by atoms with Gasteiger partial charge in [-0.05, 0) is 33.1 Å². The van der Waals surface area contributed by atoms with Gasteiger partial charge in [0, 0.05) is 0 Å². The summed E-state index contributed by atoms with van der Waals surface area (Å²) >= 11 is 0. The number of carbonyl (C=O) groups is 1. The van der Waals surface area contributed by atoms with Crippen LogP contribution in [0.4, 0.5) is 0 Å². The van der Waals surface area contributed by atoms with E-state index in [4.69, 9.17) is 14.9 Å². The Kier molecular flexibility index (Phi) is 7.39. The van der Waals surface area contributed by atoms with Crippen molar-refractivity contribution in [2.75, 3.05) is 0 Å². The Morgan fingerprint density at radius 1 is 1.29 bits per heavy atom. The van der Waals surface area contributed by atoms with Gasteiger partial charge in [0.05, 0.1) is 11.5 Å². The lowest BCUT2D eigenvalue weighted by Crippen LogP contribution is -2.34. The van der Waals surface area contributed by atoms with Crippen LogP contribution in [0.5, 0.6) is 0 Å². The van der Waals surface area contributed by atoms with Crippen molar-refractivity contribution in [3.8, 4) is 0 Å². The molecule has 0 rings (SSSR count). The molecule has 0 aliphatic heterocycles. The highest BCUT2D eigenvalue weighted by Crippen LogP contribution is 2.22. The molecule has 0 fully saturated rings. The van der Waals surface area contributed by atoms with Gasteiger partial charge in [0.2, 0.25) is 0 Å². The lowest BCUT2D eigenvalue weighted by Gasteiger charge is -2.28. The number of hydrogen-bond acceptors (Lipinski definition) is 3. The SMILES string of the molecule is CCCC(OOC(C)(C)CC)C(CC)C(=O)O. The highest BCUT2D eigenvalue weighted by atomic mass is 17.2. The molecule has 0 spiro atoms. The average Bonchev–Trinajstić information content (AvgIpc) is 2.26. The van der Waals surface area contributed by atoms with Crippen molar-refractivity contribution in [3.63, 3.8) is 0 Å². The first-order chi connectivity index (χ1) is 7.87. The molecule has 0 aromatic carbocycles. The third-order valence-electron chi connectivity index (χ3n) is 3.03. The van der Waals surface area contributed by atoms with Crippen LogP contribution >= 0.6 is 0 Å². The first-order valence-electron chi connectivity index (χ1n) is 6.45. The Bertz CT molecular complexity index is 225. The van der Waals surface area contributed by atoms with E-state index < -0.39 is 11.9 Å². The topological polar surface area (TPSA) is 55.8 Å². The third-order valence-corrected chi connectivity index (χ3v) is 3.03. The zero-order valence-electron chi connectivity index (χ0n) is 11.7. The molecule has 2 unspecified atom stereocenters. The van der Waals surface area contributed by atoms with Crippen molar-refractivity contribution in [3.05, 3.63) is 0 Å². The van der Waals surface area contributed by atoms with E-state index in [-0.39, 0.29) is 11.7 Å². The first kappa shape index (κ1) is 16.4. The van der Waals surface area contributed by atoms with Crippen LogP contribution in [0.25, 0.3) is 0 Å². The van der Waals surface area contributed by atoms with Crippen molar-refractivity contribution >= 4 is 5.97 Å². The fourth-order valence-corrected chi connectivity index (χ4v) is 1.45. The molecular weight excluding hydrogens is 220 g/mol. The van der Waals surface area contributed by atoms with Gasteiger partial charge in [-0.3, -0.25) is 4.79 Å². The Morgan fingerprint density at radius 3 is 2.24 bits per heavy atom. The molecule has 0 bridgehead atoms. The third kappa shape index (κ3) is 6.03. The lowest BCUT2D eigenvalue weighted by molar-refractivity contribution is -0.384. The maximum Gasteiger partial charge on any atom is 0.309 e. The van der Waals surface area contributed by atoms with Gasteiger partial charge in [0.15, 0.2) is 0 Å². The molecule has 0 aromatic heterocycles. The van der Waals surface area contributed by atoms with E-state index in [1.165, 1.54) is 0 Å². The fraction of sp³-hybridized carbons (Fsp3) is 0.923. The van der Waals surface area contributed by atoms with Gasteiger partial charge in [0.1, 0.15) is 6.10 Å². The first-order valence-corrected chi connectivity index (χ1v) is 6.45. The molecule has 0 saturated heterocycles. The monoisotopic (exact) mass is 246 g/mol. The summed E-state index contributed by atoms with van der Waals surface area (Å²) in [4.78, 5) is 21.8. The standard InChI is InChI=1S/C13H26O4/c1-6-9-11(10(7-2)12(14)15)16-17-13(4,5)8-3/h10-11H,6-9H2,1-5H3,(H,14,15). The second kappa shape index (κ2) is 7.67. The van der Waals surface area contributed by atoms with Crippen LogP contribution < -0.4 is 0 Å². The molecule has 1 N–H and O–H groups in total. The van der Waals surface area contributed by atoms with E-state index >= 15 is 0 Å². The minimum absolute atomic E-state index is 0.367. The number of carboxylic acids is 1. The number of rotatable bonds is 9. The molecule has 0 radical (unpaired) electrons. The van der Waals surface area contributed by atoms with E-state index in [0.29, 0.717) is 12.8 Å². The van der Waals surface area contributed by atoms with Crippen molar-refractivity contribution in [2.45, 2.75) is 72.0 Å². The van der Waals surface area contributed by atoms with Gasteiger partial charge in [-0.1, -0.05) is 27.2 Å². The lowest BCUT2D eigenvalue weighted by atomic mass is 9.96. The summed E-state index contributed by atoms with van der Waals surface area (Å²) < 4.78 is 0. The molecule has 0 amide bonds. The van der Waals surface area contributed by atoms with Crippen LogP contribution in [-0.2, 0) is 14.6 Å². The molecule has 2 atom stereocenters. The van der Waals surface area contributed by atoms with Crippen LogP contribution in [0, 0.1) is 5.92 Å². The number of aliphatic carboxylic acids is 1. The van der Waals surface area contributed by atoms with E-state index in [1.54, 1.807) is 0 Å². The fourth-order valence-electron chi connectivity index (χ4n) is 1.45. The summed E-state index contributed by atoms with van der Waals surface area (Å²) in [7, 11) is 0. The van der Waals surface area contributed by atoms with Crippen molar-refractivity contribution in [2.24, 2.45) is 5.92 Å². The number of hydrogen-bond donors (Lipinski definition) is 1. The average molecular weight is 246 g/mol. The number of carboxylic acid groups (broad SMARTS) is 1. The normalized spacial score (nSPS) is 15.6. The van der Waals surface area contributed by atoms with E-state index in [2.05, 4.69) is 0 Å². The second-order valence-corrected chi connectivity index (χ2v) is 4.97. The Balaban J connectivity index is 4.47. The minimum Gasteiger partial charge on any atom is -0.481 e. The van der Waals surface area contributed by atoms with Crippen LogP contribution in [0.3, 0.4) is 0 Å². The van der Waals surface area contributed by atoms with Gasteiger partial charge in [-0.2, -0.15) is 0 Å². The highest BCUT2D eigenvalue weighted by Gasteiger charge is 2.29. The van der Waals surface area contributed by atoms with E-state index in [9.17, 15) is 4.79 Å². The summed E-state index contributed by atoms with van der Waals surface area (Å²) in [6.07, 6.45) is 2.58. The summed E-state index contributed by atoms with van der Waals surface area (Å²) in [5, 5.41) is 9.12. The Morgan fingerprint density at radius 2 is 1.88 bits per heavy atom. The predicted molar refractivity (Wildman–Crippen MR) is 66.7 cm³/mol. The van der Waals surface area contributed by atoms with Gasteiger partial charge in [0.25, 0.3) is 0 Å². The maximum atomic E-state index is 11.1. The Labute approximate surface area is 104 Å². The molecule has 0 heterocycles. The maximum absolute atomic E-state index is 11.1. The zero-order valence-corrected chi connectivity index (χ0v) is 11.7. The van der Waals surface area contributed by atoms with Crippen LogP contribution in [0.1, 0.15) is 60.3 Å². The van der Waals surface area contributed by atoms with Crippen molar-refractivity contribution in [1.82, 2.24) is 0 Å². The molecular formula is C13H26O4. The molecule has 0 aliphatic carbocycles. The Hall–Kier alpha value is -0.610. The zero-order chi connectivity index (χ0) is 13.5.